The van der Waals surface area contributed by atoms with Crippen LogP contribution in [0.15, 0.2) is 43.1 Å². The first-order valence-electron chi connectivity index (χ1n) is 10.5. The molecule has 8 nitrogen and oxygen atoms in total. The monoisotopic (exact) mass is 423 g/mol. The number of fused-ring (bicyclic) bond motifs is 2. The predicted molar refractivity (Wildman–Crippen MR) is 115 cm³/mol. The fourth-order valence-electron chi connectivity index (χ4n) is 5.04. The van der Waals surface area contributed by atoms with Crippen LogP contribution in [0.3, 0.4) is 0 Å². The van der Waals surface area contributed by atoms with Crippen molar-refractivity contribution in [1.29, 1.82) is 0 Å². The number of rotatable bonds is 4. The van der Waals surface area contributed by atoms with Crippen molar-refractivity contribution in [2.75, 3.05) is 11.9 Å². The second-order valence-corrected chi connectivity index (χ2v) is 9.20. The molecule has 4 atom stereocenters. The van der Waals surface area contributed by atoms with Crippen LogP contribution >= 0.6 is 0 Å². The summed E-state index contributed by atoms with van der Waals surface area (Å²) in [6.45, 7) is 4.12. The van der Waals surface area contributed by atoms with Crippen molar-refractivity contribution in [2.45, 2.75) is 56.4 Å². The van der Waals surface area contributed by atoms with Gasteiger partial charge in [-0.2, -0.15) is 0 Å². The zero-order valence-corrected chi connectivity index (χ0v) is 17.8. The van der Waals surface area contributed by atoms with Gasteiger partial charge in [0.1, 0.15) is 17.6 Å². The van der Waals surface area contributed by atoms with Crippen LogP contribution in [0.5, 0.6) is 5.75 Å². The number of anilines is 1. The third-order valence-corrected chi connectivity index (χ3v) is 6.81. The Balaban J connectivity index is 1.38. The van der Waals surface area contributed by atoms with Gasteiger partial charge in [-0.25, -0.2) is 14.4 Å². The number of imidazole rings is 1. The average molecular weight is 423 g/mol. The smallest absolute Gasteiger partial charge is 0.245 e. The fraction of sp³-hybridized carbons (Fsp3) is 0.455. The minimum absolute atomic E-state index is 0.0722. The number of halogens is 1. The van der Waals surface area contributed by atoms with Gasteiger partial charge < -0.3 is 19.9 Å². The number of alkyl halides is 1. The molecule has 2 fully saturated rings. The number of aromatic hydroxyl groups is 1. The maximum Gasteiger partial charge on any atom is 0.245 e. The highest BCUT2D eigenvalue weighted by Crippen LogP contribution is 2.45. The molecule has 9 heteroatoms. The molecule has 3 aromatic rings. The van der Waals surface area contributed by atoms with Gasteiger partial charge in [0.05, 0.1) is 24.3 Å². The number of piperidine rings is 1. The van der Waals surface area contributed by atoms with Gasteiger partial charge in [-0.3, -0.25) is 0 Å². The summed E-state index contributed by atoms with van der Waals surface area (Å²) in [7, 11) is 1.82. The molecular formula is C22H26FN7O. The van der Waals surface area contributed by atoms with Crippen LogP contribution in [-0.2, 0) is 0 Å². The Morgan fingerprint density at radius 2 is 2.10 bits per heavy atom. The molecule has 0 aliphatic carbocycles. The molecule has 4 heterocycles. The molecule has 2 saturated heterocycles. The van der Waals surface area contributed by atoms with Gasteiger partial charge in [-0.1, -0.05) is 0 Å². The standard InChI is InChI=1S/C22H26FN7O/c1-21-6-7-22(2,28-21)19(23)17(11-21)29(3)20-25-12-16(26-27-20)15-5-4-14(10-18(15)31)30-9-8-24-13-30/h4-5,8-10,12-13,17,19,28,31H,6-7,11H2,1-3H3/t17-,19+,21-,22+/m0/s1. The van der Waals surface area contributed by atoms with Gasteiger partial charge in [0.15, 0.2) is 0 Å². The van der Waals surface area contributed by atoms with Gasteiger partial charge in [0, 0.05) is 42.1 Å². The van der Waals surface area contributed by atoms with Crippen molar-refractivity contribution in [2.24, 2.45) is 0 Å². The SMILES string of the molecule is CN(c1ncc(-c2ccc(-n3ccnc3)cc2O)nn1)[C@H]1C[C@]2(C)CC[C@@](C)(N2)[C@@H]1F. The molecule has 2 aromatic heterocycles. The molecule has 2 bridgehead atoms. The van der Waals surface area contributed by atoms with E-state index in [1.54, 1.807) is 46.5 Å². The Morgan fingerprint density at radius 3 is 2.77 bits per heavy atom. The van der Waals surface area contributed by atoms with E-state index in [0.717, 1.165) is 18.5 Å². The molecule has 0 unspecified atom stereocenters. The Kier molecular flexibility index (Phi) is 4.47. The van der Waals surface area contributed by atoms with E-state index in [9.17, 15) is 5.11 Å². The first kappa shape index (κ1) is 19.9. The molecule has 0 spiro atoms. The molecular weight excluding hydrogens is 397 g/mol. The van der Waals surface area contributed by atoms with Crippen molar-refractivity contribution in [3.05, 3.63) is 43.1 Å². The minimum atomic E-state index is -1.03. The second-order valence-electron chi connectivity index (χ2n) is 9.20. The fourth-order valence-corrected chi connectivity index (χ4v) is 5.04. The maximum absolute atomic E-state index is 15.4. The normalized spacial score (nSPS) is 29.8. The largest absolute Gasteiger partial charge is 0.507 e. The summed E-state index contributed by atoms with van der Waals surface area (Å²) >= 11 is 0. The summed E-state index contributed by atoms with van der Waals surface area (Å²) < 4.78 is 17.2. The molecule has 2 N–H and O–H groups in total. The molecule has 162 valence electrons. The number of hydrogen-bond acceptors (Lipinski definition) is 7. The van der Waals surface area contributed by atoms with Crippen LogP contribution in [0, 0.1) is 0 Å². The summed E-state index contributed by atoms with van der Waals surface area (Å²) in [6.07, 6.45) is 8.13. The number of nitrogens with one attached hydrogen (secondary N) is 1. The summed E-state index contributed by atoms with van der Waals surface area (Å²) in [4.78, 5) is 10.2. The number of aromatic nitrogens is 5. The highest BCUT2D eigenvalue weighted by Gasteiger charge is 2.56. The maximum atomic E-state index is 15.4. The zero-order valence-electron chi connectivity index (χ0n) is 17.8. The van der Waals surface area contributed by atoms with E-state index in [-0.39, 0.29) is 17.3 Å². The third-order valence-electron chi connectivity index (χ3n) is 6.81. The van der Waals surface area contributed by atoms with Gasteiger partial charge in [0.2, 0.25) is 5.95 Å². The predicted octanol–water partition coefficient (Wildman–Crippen LogP) is 2.88. The average Bonchev–Trinajstić information content (AvgIpc) is 3.38. The van der Waals surface area contributed by atoms with Crippen LogP contribution in [0.25, 0.3) is 16.9 Å². The molecule has 2 aliphatic rings. The third kappa shape index (κ3) is 3.33. The first-order chi connectivity index (χ1) is 14.8. The van der Waals surface area contributed by atoms with Crippen LogP contribution < -0.4 is 10.2 Å². The van der Waals surface area contributed by atoms with Gasteiger partial charge in [0.25, 0.3) is 0 Å². The molecule has 31 heavy (non-hydrogen) atoms. The van der Waals surface area contributed by atoms with E-state index in [1.807, 2.05) is 20.0 Å². The van der Waals surface area contributed by atoms with Crippen molar-refractivity contribution in [3.63, 3.8) is 0 Å². The van der Waals surface area contributed by atoms with E-state index in [1.165, 1.54) is 0 Å². The minimum Gasteiger partial charge on any atom is -0.507 e. The van der Waals surface area contributed by atoms with Crippen LogP contribution in [-0.4, -0.2) is 60.2 Å². The van der Waals surface area contributed by atoms with E-state index in [2.05, 4.69) is 32.4 Å². The molecule has 0 amide bonds. The summed E-state index contributed by atoms with van der Waals surface area (Å²) in [6, 6.07) is 4.94. The van der Waals surface area contributed by atoms with Crippen LogP contribution in [0.2, 0.25) is 0 Å². The van der Waals surface area contributed by atoms with Crippen molar-refractivity contribution < 1.29 is 9.50 Å². The Hall–Kier alpha value is -3.07. The number of phenolic OH excluding ortho intramolecular Hbond substituents is 1. The molecule has 2 aliphatic heterocycles. The zero-order chi connectivity index (χ0) is 21.8. The Morgan fingerprint density at radius 1 is 1.26 bits per heavy atom. The van der Waals surface area contributed by atoms with E-state index in [0.29, 0.717) is 23.6 Å². The van der Waals surface area contributed by atoms with Crippen LogP contribution in [0.1, 0.15) is 33.1 Å². The Bertz CT molecular complexity index is 1090. The molecule has 0 saturated carbocycles. The van der Waals surface area contributed by atoms with Crippen molar-refractivity contribution >= 4 is 5.95 Å². The summed E-state index contributed by atoms with van der Waals surface area (Å²) in [5.74, 6) is 0.447. The lowest BCUT2D eigenvalue weighted by atomic mass is 9.82. The quantitative estimate of drug-likeness (QED) is 0.667. The van der Waals surface area contributed by atoms with Gasteiger partial charge in [-0.15, -0.1) is 10.2 Å². The Labute approximate surface area is 180 Å². The molecule has 0 radical (unpaired) electrons. The number of hydrogen-bond donors (Lipinski definition) is 2. The molecule has 1 aromatic carbocycles. The van der Waals surface area contributed by atoms with Crippen molar-refractivity contribution in [3.8, 4) is 22.7 Å². The molecule has 5 rings (SSSR count). The van der Waals surface area contributed by atoms with Crippen LogP contribution in [0.4, 0.5) is 10.3 Å². The number of benzene rings is 1. The van der Waals surface area contributed by atoms with E-state index in [4.69, 9.17) is 0 Å². The van der Waals surface area contributed by atoms with E-state index >= 15 is 4.39 Å². The second kappa shape index (κ2) is 6.98. The highest BCUT2D eigenvalue weighted by atomic mass is 19.1. The van der Waals surface area contributed by atoms with E-state index < -0.39 is 11.7 Å². The van der Waals surface area contributed by atoms with Gasteiger partial charge >= 0.3 is 0 Å². The lowest BCUT2D eigenvalue weighted by Crippen LogP contribution is -2.65. The number of nitrogens with zero attached hydrogens (tertiary/aromatic N) is 6. The summed E-state index contributed by atoms with van der Waals surface area (Å²) in [5, 5.41) is 22.5. The highest BCUT2D eigenvalue weighted by molar-refractivity contribution is 5.68. The number of phenols is 1. The summed E-state index contributed by atoms with van der Waals surface area (Å²) in [5.41, 5.74) is 1.16. The topological polar surface area (TPSA) is 92.0 Å². The first-order valence-corrected chi connectivity index (χ1v) is 10.5. The lowest BCUT2D eigenvalue weighted by molar-refractivity contribution is 0.0856. The van der Waals surface area contributed by atoms with Crippen molar-refractivity contribution in [1.82, 2.24) is 30.0 Å². The van der Waals surface area contributed by atoms with Gasteiger partial charge in [-0.05, 0) is 45.2 Å². The lowest BCUT2D eigenvalue weighted by Gasteiger charge is -2.47.